The van der Waals surface area contributed by atoms with Crippen molar-refractivity contribution in [1.29, 1.82) is 10.5 Å². The molecule has 0 aliphatic carbocycles. The molecule has 0 atom stereocenters. The maximum absolute atomic E-state index is 9.38. The van der Waals surface area contributed by atoms with Gasteiger partial charge in [-0.2, -0.15) is 20.2 Å². The molecule has 0 unspecified atom stereocenters. The highest BCUT2D eigenvalue weighted by molar-refractivity contribution is 7.12. The van der Waals surface area contributed by atoms with Gasteiger partial charge in [-0.1, -0.05) is 0 Å². The van der Waals surface area contributed by atoms with Crippen molar-refractivity contribution in [3.63, 3.8) is 0 Å². The minimum Gasteiger partial charge on any atom is -0.245 e. The van der Waals surface area contributed by atoms with Gasteiger partial charge in [-0.15, -0.1) is 22.7 Å². The molecule has 32 heavy (non-hydrogen) atoms. The topological polar surface area (TPSA) is 108 Å². The smallest absolute Gasteiger partial charge is 0.245 e. The number of hydrogen-bond acceptors (Lipinski definition) is 8. The molecule has 4 rings (SSSR count). The molecule has 10 heteroatoms. The molecule has 0 saturated carbocycles. The standard InChI is InChI=1S/C22H8N8S2/c1-25-22(26-2)19-8-15(17-4-6-28-12-30-17)21(32-19)20-14(16-3-5-27-11-29-16)7-18(31-20)13(9-23)10-24/h3-8,11-12H/b21-20+. The second kappa shape index (κ2) is 8.95. The molecular weight excluding hydrogens is 440 g/mol. The Balaban J connectivity index is 2.30. The number of hydrogen-bond donors (Lipinski definition) is 0. The lowest BCUT2D eigenvalue weighted by molar-refractivity contribution is 1.17. The van der Waals surface area contributed by atoms with Crippen LogP contribution < -0.4 is 9.06 Å². The maximum Gasteiger partial charge on any atom is 0.536 e. The first-order valence-corrected chi connectivity index (χ1v) is 10.4. The predicted octanol–water partition coefficient (Wildman–Crippen LogP) is 3.11. The Bertz CT molecular complexity index is 1550. The summed E-state index contributed by atoms with van der Waals surface area (Å²) in [6.45, 7) is 14.7. The Hall–Kier alpha value is -4.74. The quantitative estimate of drug-likeness (QED) is 0.436. The molecule has 0 bridgehead atoms. The van der Waals surface area contributed by atoms with Gasteiger partial charge in [0.25, 0.3) is 0 Å². The van der Waals surface area contributed by atoms with Crippen molar-refractivity contribution < 1.29 is 0 Å². The third kappa shape index (κ3) is 3.71. The molecule has 0 fully saturated rings. The van der Waals surface area contributed by atoms with E-state index in [0.717, 1.165) is 14.6 Å². The molecular formula is C22H8N8S2. The molecule has 0 amide bonds. The van der Waals surface area contributed by atoms with Crippen molar-refractivity contribution in [3.05, 3.63) is 90.3 Å². The van der Waals surface area contributed by atoms with E-state index < -0.39 is 0 Å². The van der Waals surface area contributed by atoms with Gasteiger partial charge in [0.2, 0.25) is 0 Å². The van der Waals surface area contributed by atoms with Gasteiger partial charge in [-0.25, -0.2) is 19.9 Å². The van der Waals surface area contributed by atoms with Gasteiger partial charge in [-0.3, -0.25) is 0 Å². The molecule has 4 aromatic heterocycles. The summed E-state index contributed by atoms with van der Waals surface area (Å²) in [5.74, 6) is -0.0433. The molecule has 4 aromatic rings. The molecule has 0 aliphatic heterocycles. The first kappa shape index (κ1) is 20.5. The van der Waals surface area contributed by atoms with Crippen LogP contribution in [0.5, 0.6) is 0 Å². The lowest BCUT2D eigenvalue weighted by Gasteiger charge is -1.98. The summed E-state index contributed by atoms with van der Waals surface area (Å²) in [6.07, 6.45) is 6.07. The van der Waals surface area contributed by atoms with Crippen molar-refractivity contribution in [3.8, 4) is 34.7 Å². The largest absolute Gasteiger partial charge is 0.536 e. The maximum atomic E-state index is 9.38. The summed E-state index contributed by atoms with van der Waals surface area (Å²) in [4.78, 5) is 23.3. The minimum atomic E-state index is -0.0433. The van der Waals surface area contributed by atoms with E-state index in [1.807, 2.05) is 12.1 Å². The van der Waals surface area contributed by atoms with Gasteiger partial charge in [-0.05, 0) is 24.3 Å². The number of nitriles is 2. The van der Waals surface area contributed by atoms with Crippen molar-refractivity contribution in [2.75, 3.05) is 0 Å². The van der Waals surface area contributed by atoms with Crippen LogP contribution in [-0.4, -0.2) is 19.9 Å². The molecule has 0 radical (unpaired) electrons. The molecule has 0 aliphatic rings. The summed E-state index contributed by atoms with van der Waals surface area (Å²) < 4.78 is 2.51. The van der Waals surface area contributed by atoms with Crippen molar-refractivity contribution in [1.82, 2.24) is 19.9 Å². The fraction of sp³-hybridized carbons (Fsp3) is 0. The van der Waals surface area contributed by atoms with E-state index in [2.05, 4.69) is 29.6 Å². The normalized spacial score (nSPS) is 10.9. The van der Waals surface area contributed by atoms with Crippen LogP contribution in [0, 0.1) is 44.9 Å². The summed E-state index contributed by atoms with van der Waals surface area (Å²) in [7, 11) is 0. The molecule has 0 N–H and O–H groups in total. The number of rotatable bonds is 2. The van der Waals surface area contributed by atoms with Crippen LogP contribution >= 0.6 is 22.7 Å². The van der Waals surface area contributed by atoms with Gasteiger partial charge < -0.3 is 0 Å². The van der Waals surface area contributed by atoms with Crippen LogP contribution in [-0.2, 0) is 0 Å². The summed E-state index contributed by atoms with van der Waals surface area (Å²) in [5.41, 5.74) is 2.67. The lowest BCUT2D eigenvalue weighted by atomic mass is 10.1. The zero-order chi connectivity index (χ0) is 22.5. The van der Waals surface area contributed by atoms with E-state index in [9.17, 15) is 10.5 Å². The first-order chi connectivity index (χ1) is 15.7. The molecule has 4 heterocycles. The fourth-order valence-corrected chi connectivity index (χ4v) is 5.28. The average molecular weight is 448 g/mol. The Kier molecular flexibility index (Phi) is 5.74. The number of aromatic nitrogens is 4. The van der Waals surface area contributed by atoms with E-state index in [1.165, 1.54) is 35.3 Å². The average Bonchev–Trinajstić information content (AvgIpc) is 3.47. The fourth-order valence-electron chi connectivity index (χ4n) is 2.90. The second-order valence-corrected chi connectivity index (χ2v) is 8.15. The van der Waals surface area contributed by atoms with E-state index in [0.29, 0.717) is 26.0 Å². The third-order valence-corrected chi connectivity index (χ3v) is 6.74. The highest BCUT2D eigenvalue weighted by Crippen LogP contribution is 2.27. The van der Waals surface area contributed by atoms with E-state index in [-0.39, 0.29) is 11.4 Å². The molecule has 0 aromatic carbocycles. The van der Waals surface area contributed by atoms with Crippen LogP contribution in [0.25, 0.3) is 43.6 Å². The molecule has 8 nitrogen and oxygen atoms in total. The van der Waals surface area contributed by atoms with Gasteiger partial charge in [0.15, 0.2) is 0 Å². The summed E-state index contributed by atoms with van der Waals surface area (Å²) in [5, 5.41) is 18.8. The van der Waals surface area contributed by atoms with Gasteiger partial charge in [0.1, 0.15) is 48.0 Å². The Labute approximate surface area is 189 Å². The summed E-state index contributed by atoms with van der Waals surface area (Å²) in [6, 6.07) is 10.9. The van der Waals surface area contributed by atoms with E-state index in [4.69, 9.17) is 13.1 Å². The molecule has 0 spiro atoms. The van der Waals surface area contributed by atoms with Crippen LogP contribution in [0.1, 0.15) is 0 Å². The summed E-state index contributed by atoms with van der Waals surface area (Å²) >= 11 is 2.55. The van der Waals surface area contributed by atoms with E-state index >= 15 is 0 Å². The van der Waals surface area contributed by atoms with Gasteiger partial charge in [0.05, 0.1) is 25.0 Å². The minimum absolute atomic E-state index is 0.00788. The predicted molar refractivity (Wildman–Crippen MR) is 119 cm³/mol. The van der Waals surface area contributed by atoms with Gasteiger partial charge in [0, 0.05) is 23.5 Å². The monoisotopic (exact) mass is 448 g/mol. The number of thiophene rings is 2. The second-order valence-electron chi connectivity index (χ2n) is 6.04. The third-order valence-electron chi connectivity index (χ3n) is 4.29. The Morgan fingerprint density at radius 2 is 1.31 bits per heavy atom. The first-order valence-electron chi connectivity index (χ1n) is 8.80. The van der Waals surface area contributed by atoms with Crippen LogP contribution in [0.3, 0.4) is 0 Å². The zero-order valence-corrected chi connectivity index (χ0v) is 17.6. The Morgan fingerprint density at radius 3 is 1.75 bits per heavy atom. The van der Waals surface area contributed by atoms with E-state index in [1.54, 1.807) is 36.7 Å². The Morgan fingerprint density at radius 1 is 0.812 bits per heavy atom. The zero-order valence-electron chi connectivity index (χ0n) is 16.0. The highest BCUT2D eigenvalue weighted by atomic mass is 32.1. The molecule has 148 valence electrons. The van der Waals surface area contributed by atoms with Crippen molar-refractivity contribution >= 4 is 34.1 Å². The number of nitrogens with zero attached hydrogens (tertiary/aromatic N) is 8. The molecule has 0 saturated heterocycles. The van der Waals surface area contributed by atoms with Gasteiger partial charge >= 0.3 is 5.82 Å². The lowest BCUT2D eigenvalue weighted by Crippen LogP contribution is -1.95. The van der Waals surface area contributed by atoms with Crippen LogP contribution in [0.4, 0.5) is 0 Å². The van der Waals surface area contributed by atoms with Crippen LogP contribution in [0.15, 0.2) is 49.3 Å². The van der Waals surface area contributed by atoms with Crippen molar-refractivity contribution in [2.45, 2.75) is 0 Å². The van der Waals surface area contributed by atoms with Crippen LogP contribution in [0.2, 0.25) is 0 Å². The van der Waals surface area contributed by atoms with Crippen molar-refractivity contribution in [2.24, 2.45) is 0 Å². The highest BCUT2D eigenvalue weighted by Gasteiger charge is 2.15. The SMILES string of the molecule is [C-]#[N+]C([N+]#[C-])=c1cc(-c2ccncn2)/c(=c2\sc(=C(C#N)C#N)cc2-c2ccncn2)s1.